The van der Waals surface area contributed by atoms with E-state index in [-0.39, 0.29) is 19.2 Å². The number of rotatable bonds is 4. The van der Waals surface area contributed by atoms with Crippen LogP contribution in [-0.4, -0.2) is 49.4 Å². The highest BCUT2D eigenvalue weighted by molar-refractivity contribution is 5.77. The monoisotopic (exact) mass is 386 g/mol. The summed E-state index contributed by atoms with van der Waals surface area (Å²) in [5, 5.41) is 0. The lowest BCUT2D eigenvalue weighted by Gasteiger charge is -2.28. The first-order valence-corrected chi connectivity index (χ1v) is 9.24. The van der Waals surface area contributed by atoms with Crippen molar-refractivity contribution in [2.45, 2.75) is 80.6 Å². The van der Waals surface area contributed by atoms with Crippen LogP contribution in [0.2, 0.25) is 0 Å². The maximum Gasteiger partial charge on any atom is 0.311 e. The molecule has 0 aliphatic carbocycles. The van der Waals surface area contributed by atoms with Gasteiger partial charge in [0.2, 0.25) is 0 Å². The predicted octanol–water partition coefficient (Wildman–Crippen LogP) is 2.89. The highest BCUT2D eigenvalue weighted by atomic mass is 16.6. The van der Waals surface area contributed by atoms with E-state index in [4.69, 9.17) is 18.9 Å². The second kappa shape index (κ2) is 8.17. The average molecular weight is 386 g/mol. The van der Waals surface area contributed by atoms with Crippen LogP contribution in [0.3, 0.4) is 0 Å². The van der Waals surface area contributed by atoms with Gasteiger partial charge in [-0.2, -0.15) is 0 Å². The van der Waals surface area contributed by atoms with Crippen molar-refractivity contribution in [2.24, 2.45) is 16.2 Å². The fraction of sp³-hybridized carbons (Fsp3) is 0.850. The van der Waals surface area contributed by atoms with Gasteiger partial charge in [-0.25, -0.2) is 0 Å². The first-order chi connectivity index (χ1) is 12.0. The molecule has 7 heteroatoms. The summed E-state index contributed by atoms with van der Waals surface area (Å²) in [7, 11) is 0. The van der Waals surface area contributed by atoms with Crippen LogP contribution >= 0.6 is 0 Å². The molecule has 3 atom stereocenters. The number of carbonyl (C=O) groups is 3. The molecule has 0 aromatic carbocycles. The summed E-state index contributed by atoms with van der Waals surface area (Å²) >= 11 is 0. The SMILES string of the molecule is CC(C)(C)C(=O)OCC1OCC(OC(=O)C(C)(C)C)C1OC(=O)C(C)(C)C. The molecular formula is C20H34O7. The molecule has 0 amide bonds. The molecule has 1 fully saturated rings. The summed E-state index contributed by atoms with van der Waals surface area (Å²) in [6, 6.07) is 0. The van der Waals surface area contributed by atoms with E-state index in [1.165, 1.54) is 0 Å². The normalized spacial score (nSPS) is 23.7. The summed E-state index contributed by atoms with van der Waals surface area (Å²) in [5.74, 6) is -1.25. The molecule has 3 unspecified atom stereocenters. The molecule has 0 N–H and O–H groups in total. The van der Waals surface area contributed by atoms with Gasteiger partial charge in [0.15, 0.2) is 12.2 Å². The van der Waals surface area contributed by atoms with Gasteiger partial charge < -0.3 is 18.9 Å². The Hall–Kier alpha value is -1.63. The van der Waals surface area contributed by atoms with Crippen molar-refractivity contribution in [3.63, 3.8) is 0 Å². The Morgan fingerprint density at radius 1 is 0.778 bits per heavy atom. The van der Waals surface area contributed by atoms with Crippen LogP contribution in [-0.2, 0) is 33.3 Å². The van der Waals surface area contributed by atoms with E-state index in [0.29, 0.717) is 0 Å². The van der Waals surface area contributed by atoms with Gasteiger partial charge in [-0.3, -0.25) is 14.4 Å². The summed E-state index contributed by atoms with van der Waals surface area (Å²) in [6.07, 6.45) is -2.28. The molecule has 156 valence electrons. The summed E-state index contributed by atoms with van der Waals surface area (Å²) in [6.45, 7) is 15.6. The summed E-state index contributed by atoms with van der Waals surface area (Å²) < 4.78 is 22.1. The van der Waals surface area contributed by atoms with E-state index in [9.17, 15) is 14.4 Å². The number of hydrogen-bond donors (Lipinski definition) is 0. The fourth-order valence-electron chi connectivity index (χ4n) is 2.03. The number of ether oxygens (including phenoxy) is 4. The van der Waals surface area contributed by atoms with Gasteiger partial charge in [-0.15, -0.1) is 0 Å². The summed E-state index contributed by atoms with van der Waals surface area (Å²) in [4.78, 5) is 36.6. The molecule has 0 saturated carbocycles. The second-order valence-electron chi connectivity index (χ2n) is 10.0. The van der Waals surface area contributed by atoms with Gasteiger partial charge in [0.1, 0.15) is 12.7 Å². The third-order valence-electron chi connectivity index (χ3n) is 3.92. The van der Waals surface area contributed by atoms with Crippen LogP contribution in [0.25, 0.3) is 0 Å². The van der Waals surface area contributed by atoms with Crippen molar-refractivity contribution in [1.29, 1.82) is 0 Å². The first kappa shape index (κ1) is 23.4. The summed E-state index contributed by atoms with van der Waals surface area (Å²) in [5.41, 5.74) is -2.09. The van der Waals surface area contributed by atoms with Crippen molar-refractivity contribution in [3.05, 3.63) is 0 Å². The Bertz CT molecular complexity index is 560. The van der Waals surface area contributed by atoms with Crippen LogP contribution in [0.15, 0.2) is 0 Å². The maximum absolute atomic E-state index is 12.4. The second-order valence-corrected chi connectivity index (χ2v) is 10.0. The smallest absolute Gasteiger partial charge is 0.311 e. The highest BCUT2D eigenvalue weighted by Crippen LogP contribution is 2.28. The topological polar surface area (TPSA) is 88.1 Å². The minimum absolute atomic E-state index is 0.0711. The van der Waals surface area contributed by atoms with Crippen molar-refractivity contribution >= 4 is 17.9 Å². The van der Waals surface area contributed by atoms with Gasteiger partial charge >= 0.3 is 17.9 Å². The lowest BCUT2D eigenvalue weighted by molar-refractivity contribution is -0.178. The van der Waals surface area contributed by atoms with E-state index in [2.05, 4.69) is 0 Å². The van der Waals surface area contributed by atoms with Crippen LogP contribution in [0, 0.1) is 16.2 Å². The molecule has 7 nitrogen and oxygen atoms in total. The molecule has 0 aromatic heterocycles. The van der Waals surface area contributed by atoms with E-state index in [0.717, 1.165) is 0 Å². The number of esters is 3. The minimum Gasteiger partial charge on any atom is -0.462 e. The lowest BCUT2D eigenvalue weighted by atomic mass is 9.96. The quantitative estimate of drug-likeness (QED) is 0.542. The van der Waals surface area contributed by atoms with Gasteiger partial charge in [-0.05, 0) is 62.3 Å². The lowest BCUT2D eigenvalue weighted by Crippen LogP contribution is -2.44. The molecule has 1 aliphatic rings. The Kier molecular flexibility index (Phi) is 7.08. The fourth-order valence-corrected chi connectivity index (χ4v) is 2.03. The number of hydrogen-bond acceptors (Lipinski definition) is 7. The molecular weight excluding hydrogens is 352 g/mol. The van der Waals surface area contributed by atoms with Crippen LogP contribution in [0.5, 0.6) is 0 Å². The standard InChI is InChI=1S/C20H34O7/c1-18(2,3)15(21)25-10-12-14(27-17(23)20(7,8)9)13(11-24-12)26-16(22)19(4,5)6/h12-14H,10-11H2,1-9H3. The first-order valence-electron chi connectivity index (χ1n) is 9.24. The third-order valence-corrected chi connectivity index (χ3v) is 3.92. The van der Waals surface area contributed by atoms with Crippen molar-refractivity contribution in [3.8, 4) is 0 Å². The van der Waals surface area contributed by atoms with E-state index in [1.807, 2.05) is 0 Å². The van der Waals surface area contributed by atoms with Crippen LogP contribution in [0.1, 0.15) is 62.3 Å². The molecule has 1 aliphatic heterocycles. The highest BCUT2D eigenvalue weighted by Gasteiger charge is 2.46. The van der Waals surface area contributed by atoms with Gasteiger partial charge in [0.05, 0.1) is 22.9 Å². The Morgan fingerprint density at radius 2 is 1.22 bits per heavy atom. The van der Waals surface area contributed by atoms with Gasteiger partial charge in [-0.1, -0.05) is 0 Å². The Morgan fingerprint density at radius 3 is 1.67 bits per heavy atom. The van der Waals surface area contributed by atoms with E-state index < -0.39 is 46.5 Å². The zero-order chi connectivity index (χ0) is 21.2. The van der Waals surface area contributed by atoms with Crippen molar-refractivity contribution in [1.82, 2.24) is 0 Å². The largest absolute Gasteiger partial charge is 0.462 e. The Labute approximate surface area is 162 Å². The van der Waals surface area contributed by atoms with Gasteiger partial charge in [0.25, 0.3) is 0 Å². The number of carbonyl (C=O) groups excluding carboxylic acids is 3. The maximum atomic E-state index is 12.4. The zero-order valence-electron chi connectivity index (χ0n) is 18.0. The molecule has 1 heterocycles. The minimum atomic E-state index is -0.837. The van der Waals surface area contributed by atoms with E-state index in [1.54, 1.807) is 62.3 Å². The molecule has 0 aromatic rings. The predicted molar refractivity (Wildman–Crippen MR) is 98.8 cm³/mol. The van der Waals surface area contributed by atoms with Crippen molar-refractivity contribution < 1.29 is 33.3 Å². The molecule has 1 rings (SSSR count). The van der Waals surface area contributed by atoms with Crippen LogP contribution in [0.4, 0.5) is 0 Å². The molecule has 27 heavy (non-hydrogen) atoms. The Balaban J connectivity index is 2.90. The zero-order valence-corrected chi connectivity index (χ0v) is 18.0. The average Bonchev–Trinajstić information content (AvgIpc) is 2.84. The molecule has 0 bridgehead atoms. The van der Waals surface area contributed by atoms with E-state index >= 15 is 0 Å². The molecule has 0 radical (unpaired) electrons. The van der Waals surface area contributed by atoms with Crippen LogP contribution < -0.4 is 0 Å². The third kappa shape index (κ3) is 6.79. The van der Waals surface area contributed by atoms with Gasteiger partial charge in [0, 0.05) is 0 Å². The molecule has 0 spiro atoms. The van der Waals surface area contributed by atoms with Crippen molar-refractivity contribution in [2.75, 3.05) is 13.2 Å². The molecule has 1 saturated heterocycles.